The molecule has 0 N–H and O–H groups in total. The van der Waals surface area contributed by atoms with Crippen LogP contribution in [0.3, 0.4) is 0 Å². The minimum absolute atomic E-state index is 0.0849. The zero-order valence-electron chi connectivity index (χ0n) is 22.6. The minimum atomic E-state index is -0.0849. The largest absolute Gasteiger partial charge is 0.493 e. The van der Waals surface area contributed by atoms with Crippen LogP contribution in [0, 0.1) is 0 Å². The van der Waals surface area contributed by atoms with Crippen molar-refractivity contribution in [3.8, 4) is 23.0 Å². The van der Waals surface area contributed by atoms with Crippen molar-refractivity contribution < 1.29 is 18.9 Å². The summed E-state index contributed by atoms with van der Waals surface area (Å²) in [7, 11) is 4.97. The van der Waals surface area contributed by atoms with Gasteiger partial charge in [-0.05, 0) is 66.0 Å². The molecule has 5 nitrogen and oxygen atoms in total. The fourth-order valence-corrected chi connectivity index (χ4v) is 5.61. The number of fused-ring (bicyclic) bond motifs is 1. The standard InChI is InChI=1S/C33H37NO4/c1-35-30-19-18-29(32(36-2)33(30)37-3)31(28-13-9-11-24-10-5-6-12-27(24)28)25-14-16-26(17-15-25)38-23-22-34-20-7-4-8-21-34/h5-6,9-19,31H,4,7-8,20-23H2,1-3H3. The van der Waals surface area contributed by atoms with E-state index in [9.17, 15) is 0 Å². The summed E-state index contributed by atoms with van der Waals surface area (Å²) in [6.45, 7) is 4.04. The summed E-state index contributed by atoms with van der Waals surface area (Å²) < 4.78 is 23.4. The van der Waals surface area contributed by atoms with Crippen LogP contribution < -0.4 is 18.9 Å². The molecular weight excluding hydrogens is 474 g/mol. The number of methoxy groups -OCH3 is 3. The van der Waals surface area contributed by atoms with Crippen molar-refractivity contribution in [2.24, 2.45) is 0 Å². The maximum atomic E-state index is 6.13. The fourth-order valence-electron chi connectivity index (χ4n) is 5.61. The first-order valence-corrected chi connectivity index (χ1v) is 13.4. The molecule has 0 saturated carbocycles. The second-order valence-corrected chi connectivity index (χ2v) is 9.74. The third-order valence-corrected chi connectivity index (χ3v) is 7.52. The van der Waals surface area contributed by atoms with Crippen LogP contribution in [0.4, 0.5) is 0 Å². The Balaban J connectivity index is 1.52. The Hall–Kier alpha value is -3.70. The quantitative estimate of drug-likeness (QED) is 0.216. The van der Waals surface area contributed by atoms with Crippen LogP contribution in [0.25, 0.3) is 10.8 Å². The molecule has 0 amide bonds. The Labute approximate surface area is 225 Å². The van der Waals surface area contributed by atoms with Gasteiger partial charge in [-0.15, -0.1) is 0 Å². The number of hydrogen-bond acceptors (Lipinski definition) is 5. The summed E-state index contributed by atoms with van der Waals surface area (Å²) in [6.07, 6.45) is 3.94. The first-order valence-electron chi connectivity index (χ1n) is 13.4. The molecule has 198 valence electrons. The molecule has 0 radical (unpaired) electrons. The van der Waals surface area contributed by atoms with Gasteiger partial charge in [0.15, 0.2) is 11.5 Å². The number of benzene rings is 4. The van der Waals surface area contributed by atoms with E-state index < -0.39 is 0 Å². The molecule has 1 heterocycles. The highest BCUT2D eigenvalue weighted by atomic mass is 16.5. The number of likely N-dealkylation sites (tertiary alicyclic amines) is 1. The maximum Gasteiger partial charge on any atom is 0.203 e. The van der Waals surface area contributed by atoms with Crippen LogP contribution in [0.2, 0.25) is 0 Å². The monoisotopic (exact) mass is 511 g/mol. The van der Waals surface area contributed by atoms with Crippen molar-refractivity contribution in [3.05, 3.63) is 95.6 Å². The van der Waals surface area contributed by atoms with Gasteiger partial charge < -0.3 is 18.9 Å². The lowest BCUT2D eigenvalue weighted by molar-refractivity contribution is 0.183. The van der Waals surface area contributed by atoms with Gasteiger partial charge in [0.25, 0.3) is 0 Å². The van der Waals surface area contributed by atoms with E-state index in [0.717, 1.165) is 23.4 Å². The van der Waals surface area contributed by atoms with Crippen LogP contribution in [-0.4, -0.2) is 52.5 Å². The van der Waals surface area contributed by atoms with Crippen molar-refractivity contribution >= 4 is 10.8 Å². The lowest BCUT2D eigenvalue weighted by Gasteiger charge is -2.26. The van der Waals surface area contributed by atoms with Gasteiger partial charge in [0, 0.05) is 18.0 Å². The minimum Gasteiger partial charge on any atom is -0.493 e. The Morgan fingerprint density at radius 2 is 1.42 bits per heavy atom. The summed E-state index contributed by atoms with van der Waals surface area (Å²) in [5.74, 6) is 2.71. The average molecular weight is 512 g/mol. The van der Waals surface area contributed by atoms with Crippen LogP contribution in [0.15, 0.2) is 78.9 Å². The predicted molar refractivity (Wildman–Crippen MR) is 153 cm³/mol. The second-order valence-electron chi connectivity index (χ2n) is 9.74. The van der Waals surface area contributed by atoms with Crippen LogP contribution in [0.5, 0.6) is 23.0 Å². The van der Waals surface area contributed by atoms with Crippen LogP contribution in [0.1, 0.15) is 41.9 Å². The topological polar surface area (TPSA) is 40.2 Å². The highest BCUT2D eigenvalue weighted by molar-refractivity contribution is 5.87. The number of piperidine rings is 1. The van der Waals surface area contributed by atoms with Gasteiger partial charge in [0.2, 0.25) is 5.75 Å². The molecule has 5 heteroatoms. The SMILES string of the molecule is COc1ccc(C(c2ccc(OCCN3CCCCC3)cc2)c2cccc3ccccc23)c(OC)c1OC. The predicted octanol–water partition coefficient (Wildman–Crippen LogP) is 6.91. The first kappa shape index (κ1) is 25.9. The number of rotatable bonds is 10. The molecule has 38 heavy (non-hydrogen) atoms. The zero-order chi connectivity index (χ0) is 26.3. The van der Waals surface area contributed by atoms with Crippen LogP contribution in [-0.2, 0) is 0 Å². The van der Waals surface area contributed by atoms with Gasteiger partial charge in [0.1, 0.15) is 12.4 Å². The van der Waals surface area contributed by atoms with E-state index in [0.29, 0.717) is 23.9 Å². The molecule has 0 aliphatic carbocycles. The molecule has 5 rings (SSSR count). The van der Waals surface area contributed by atoms with Gasteiger partial charge in [-0.1, -0.05) is 67.1 Å². The molecule has 0 aromatic heterocycles. The Kier molecular flexibility index (Phi) is 8.34. The molecule has 1 unspecified atom stereocenters. The van der Waals surface area contributed by atoms with Gasteiger partial charge >= 0.3 is 0 Å². The Morgan fingerprint density at radius 3 is 2.16 bits per heavy atom. The Morgan fingerprint density at radius 1 is 0.684 bits per heavy atom. The highest BCUT2D eigenvalue weighted by Crippen LogP contribution is 2.47. The Bertz CT molecular complexity index is 1340. The molecular formula is C33H37NO4. The molecule has 4 aromatic rings. The summed E-state index contributed by atoms with van der Waals surface area (Å²) in [5, 5.41) is 2.41. The van der Waals surface area contributed by atoms with Crippen molar-refractivity contribution in [1.82, 2.24) is 4.90 Å². The summed E-state index contributed by atoms with van der Waals surface area (Å²) in [4.78, 5) is 2.50. The molecule has 1 atom stereocenters. The fraction of sp³-hybridized carbons (Fsp3) is 0.333. The third-order valence-electron chi connectivity index (χ3n) is 7.52. The normalized spacial score (nSPS) is 14.7. The van der Waals surface area contributed by atoms with Gasteiger partial charge in [0.05, 0.1) is 21.3 Å². The lowest BCUT2D eigenvalue weighted by atomic mass is 9.82. The molecule has 4 aromatic carbocycles. The molecule has 1 saturated heterocycles. The highest BCUT2D eigenvalue weighted by Gasteiger charge is 2.26. The molecule has 1 fully saturated rings. The average Bonchev–Trinajstić information content (AvgIpc) is 2.98. The maximum absolute atomic E-state index is 6.13. The first-order chi connectivity index (χ1) is 18.7. The summed E-state index contributed by atoms with van der Waals surface area (Å²) in [6, 6.07) is 27.5. The van der Waals surface area contributed by atoms with E-state index in [-0.39, 0.29) is 5.92 Å². The summed E-state index contributed by atoms with van der Waals surface area (Å²) in [5.41, 5.74) is 3.36. The van der Waals surface area contributed by atoms with E-state index in [1.807, 2.05) is 6.07 Å². The van der Waals surface area contributed by atoms with Gasteiger partial charge in [-0.25, -0.2) is 0 Å². The molecule has 1 aliphatic heterocycles. The van der Waals surface area contributed by atoms with E-state index >= 15 is 0 Å². The molecule has 0 spiro atoms. The van der Waals surface area contributed by atoms with Crippen molar-refractivity contribution in [1.29, 1.82) is 0 Å². The third kappa shape index (κ3) is 5.44. The van der Waals surface area contributed by atoms with Crippen molar-refractivity contribution in [3.63, 3.8) is 0 Å². The second kappa shape index (κ2) is 12.2. The molecule has 1 aliphatic rings. The van der Waals surface area contributed by atoms with Crippen molar-refractivity contribution in [2.75, 3.05) is 47.6 Å². The van der Waals surface area contributed by atoms with E-state index in [1.54, 1.807) is 21.3 Å². The van der Waals surface area contributed by atoms with E-state index in [2.05, 4.69) is 77.7 Å². The van der Waals surface area contributed by atoms with Crippen LogP contribution >= 0.6 is 0 Å². The van der Waals surface area contributed by atoms with E-state index in [1.165, 1.54) is 48.7 Å². The van der Waals surface area contributed by atoms with Crippen molar-refractivity contribution in [2.45, 2.75) is 25.2 Å². The summed E-state index contributed by atoms with van der Waals surface area (Å²) >= 11 is 0. The smallest absolute Gasteiger partial charge is 0.203 e. The number of hydrogen-bond donors (Lipinski definition) is 0. The number of nitrogens with zero attached hydrogens (tertiary/aromatic N) is 1. The zero-order valence-corrected chi connectivity index (χ0v) is 22.6. The number of ether oxygens (including phenoxy) is 4. The van der Waals surface area contributed by atoms with Gasteiger partial charge in [-0.3, -0.25) is 4.90 Å². The molecule has 0 bridgehead atoms. The lowest BCUT2D eigenvalue weighted by Crippen LogP contribution is -2.33. The van der Waals surface area contributed by atoms with Gasteiger partial charge in [-0.2, -0.15) is 0 Å². The van der Waals surface area contributed by atoms with E-state index in [4.69, 9.17) is 18.9 Å².